The fourth-order valence-electron chi connectivity index (χ4n) is 1.80. The molecule has 0 heterocycles. The Balaban J connectivity index is 1.73. The van der Waals surface area contributed by atoms with Crippen molar-refractivity contribution in [1.82, 2.24) is 5.43 Å². The molecular formula is C15H21N3O2. The predicted octanol–water partition coefficient (Wildman–Crippen LogP) is 2.40. The standard InChI is InChI=1S/C15H21N3O2/c1-3-20-14-8-6-13(7-9-14)16-10-15(19)18-17-11(2)12-4-5-12/h6-9,12,16H,3-5,10H2,1-2H3,(H,18,19). The van der Waals surface area contributed by atoms with Crippen LogP contribution in [0.4, 0.5) is 5.69 Å². The lowest BCUT2D eigenvalue weighted by Crippen LogP contribution is -2.26. The summed E-state index contributed by atoms with van der Waals surface area (Å²) in [5.41, 5.74) is 4.46. The van der Waals surface area contributed by atoms with E-state index >= 15 is 0 Å². The molecule has 0 radical (unpaired) electrons. The molecule has 1 aliphatic carbocycles. The molecule has 0 spiro atoms. The maximum absolute atomic E-state index is 11.6. The number of amides is 1. The van der Waals surface area contributed by atoms with Crippen LogP contribution in [0.1, 0.15) is 26.7 Å². The van der Waals surface area contributed by atoms with Gasteiger partial charge in [0.2, 0.25) is 0 Å². The molecule has 0 aliphatic heterocycles. The molecule has 0 saturated heterocycles. The fourth-order valence-corrected chi connectivity index (χ4v) is 1.80. The Hall–Kier alpha value is -2.04. The normalized spacial score (nSPS) is 14.8. The number of nitrogens with zero attached hydrogens (tertiary/aromatic N) is 1. The van der Waals surface area contributed by atoms with Crippen LogP contribution in [-0.4, -0.2) is 24.8 Å². The van der Waals surface area contributed by atoms with E-state index in [1.165, 1.54) is 12.8 Å². The number of hydrogen-bond donors (Lipinski definition) is 2. The quantitative estimate of drug-likeness (QED) is 0.593. The molecule has 0 bridgehead atoms. The van der Waals surface area contributed by atoms with Gasteiger partial charge in [-0.2, -0.15) is 5.10 Å². The van der Waals surface area contributed by atoms with Crippen molar-refractivity contribution in [3.8, 4) is 5.75 Å². The molecule has 1 aromatic rings. The molecule has 0 aromatic heterocycles. The highest BCUT2D eigenvalue weighted by atomic mass is 16.5. The van der Waals surface area contributed by atoms with E-state index in [1.807, 2.05) is 38.1 Å². The second-order valence-corrected chi connectivity index (χ2v) is 4.87. The van der Waals surface area contributed by atoms with Crippen LogP contribution in [0.3, 0.4) is 0 Å². The first kappa shape index (κ1) is 14.4. The van der Waals surface area contributed by atoms with E-state index < -0.39 is 0 Å². The monoisotopic (exact) mass is 275 g/mol. The molecule has 108 valence electrons. The summed E-state index contributed by atoms with van der Waals surface area (Å²) in [5, 5.41) is 7.14. The minimum absolute atomic E-state index is 0.140. The number of rotatable bonds is 7. The van der Waals surface area contributed by atoms with Crippen molar-refractivity contribution in [2.24, 2.45) is 11.0 Å². The molecule has 2 rings (SSSR count). The Bertz CT molecular complexity index is 478. The van der Waals surface area contributed by atoms with Crippen molar-refractivity contribution in [2.75, 3.05) is 18.5 Å². The van der Waals surface area contributed by atoms with Gasteiger partial charge in [0.25, 0.3) is 5.91 Å². The average molecular weight is 275 g/mol. The topological polar surface area (TPSA) is 62.7 Å². The molecule has 1 aromatic carbocycles. The second kappa shape index (κ2) is 6.93. The van der Waals surface area contributed by atoms with Gasteiger partial charge in [-0.15, -0.1) is 0 Å². The highest BCUT2D eigenvalue weighted by molar-refractivity contribution is 5.88. The van der Waals surface area contributed by atoms with Crippen LogP contribution in [0, 0.1) is 5.92 Å². The number of nitrogens with one attached hydrogen (secondary N) is 2. The summed E-state index contributed by atoms with van der Waals surface area (Å²) in [7, 11) is 0. The first-order valence-corrected chi connectivity index (χ1v) is 6.98. The SMILES string of the molecule is CCOc1ccc(NCC(=O)NN=C(C)C2CC2)cc1. The molecular weight excluding hydrogens is 254 g/mol. The van der Waals surface area contributed by atoms with Crippen molar-refractivity contribution in [3.05, 3.63) is 24.3 Å². The van der Waals surface area contributed by atoms with Crippen LogP contribution in [0.25, 0.3) is 0 Å². The summed E-state index contributed by atoms with van der Waals surface area (Å²) in [6.45, 7) is 4.75. The van der Waals surface area contributed by atoms with Crippen LogP contribution in [0.2, 0.25) is 0 Å². The largest absolute Gasteiger partial charge is 0.494 e. The molecule has 0 unspecified atom stereocenters. The molecule has 1 saturated carbocycles. The van der Waals surface area contributed by atoms with E-state index in [4.69, 9.17) is 4.74 Å². The van der Waals surface area contributed by atoms with E-state index in [0.717, 1.165) is 17.1 Å². The summed E-state index contributed by atoms with van der Waals surface area (Å²) in [5.74, 6) is 1.26. The first-order valence-electron chi connectivity index (χ1n) is 6.98. The number of carbonyl (C=O) groups excluding carboxylic acids is 1. The number of anilines is 1. The van der Waals surface area contributed by atoms with Crippen molar-refractivity contribution in [2.45, 2.75) is 26.7 Å². The highest BCUT2D eigenvalue weighted by Gasteiger charge is 2.24. The molecule has 20 heavy (non-hydrogen) atoms. The lowest BCUT2D eigenvalue weighted by Gasteiger charge is -2.07. The Kier molecular flexibility index (Phi) is 4.98. The van der Waals surface area contributed by atoms with E-state index in [0.29, 0.717) is 12.5 Å². The van der Waals surface area contributed by atoms with Gasteiger partial charge in [0.05, 0.1) is 13.2 Å². The third kappa shape index (κ3) is 4.57. The summed E-state index contributed by atoms with van der Waals surface area (Å²) < 4.78 is 5.35. The zero-order chi connectivity index (χ0) is 14.4. The molecule has 5 nitrogen and oxygen atoms in total. The van der Waals surface area contributed by atoms with E-state index in [9.17, 15) is 4.79 Å². The van der Waals surface area contributed by atoms with Gasteiger partial charge in [0.15, 0.2) is 0 Å². The maximum Gasteiger partial charge on any atom is 0.259 e. The van der Waals surface area contributed by atoms with Crippen molar-refractivity contribution < 1.29 is 9.53 Å². The molecule has 1 fully saturated rings. The highest BCUT2D eigenvalue weighted by Crippen LogP contribution is 2.30. The zero-order valence-electron chi connectivity index (χ0n) is 12.0. The molecule has 1 aliphatic rings. The van der Waals surface area contributed by atoms with Gasteiger partial charge in [-0.05, 0) is 56.9 Å². The molecule has 5 heteroatoms. The third-order valence-electron chi connectivity index (χ3n) is 3.14. The van der Waals surface area contributed by atoms with Gasteiger partial charge < -0.3 is 10.1 Å². The van der Waals surface area contributed by atoms with Gasteiger partial charge in [-0.3, -0.25) is 4.79 Å². The minimum atomic E-state index is -0.140. The number of hydrazone groups is 1. The number of hydrogen-bond acceptors (Lipinski definition) is 4. The average Bonchev–Trinajstić information content (AvgIpc) is 3.29. The van der Waals surface area contributed by atoms with E-state index in [1.54, 1.807) is 0 Å². The summed E-state index contributed by atoms with van der Waals surface area (Å²) in [4.78, 5) is 11.6. The summed E-state index contributed by atoms with van der Waals surface area (Å²) >= 11 is 0. The lowest BCUT2D eigenvalue weighted by molar-refractivity contribution is -0.119. The van der Waals surface area contributed by atoms with E-state index in [2.05, 4.69) is 15.8 Å². The van der Waals surface area contributed by atoms with E-state index in [-0.39, 0.29) is 12.5 Å². The van der Waals surface area contributed by atoms with Crippen LogP contribution in [0.15, 0.2) is 29.4 Å². The van der Waals surface area contributed by atoms with Gasteiger partial charge >= 0.3 is 0 Å². The maximum atomic E-state index is 11.6. The zero-order valence-corrected chi connectivity index (χ0v) is 12.0. The first-order chi connectivity index (χ1) is 9.69. The van der Waals surface area contributed by atoms with Crippen molar-refractivity contribution >= 4 is 17.3 Å². The fraction of sp³-hybridized carbons (Fsp3) is 0.467. The van der Waals surface area contributed by atoms with Crippen molar-refractivity contribution in [3.63, 3.8) is 0 Å². The van der Waals surface area contributed by atoms with Crippen LogP contribution >= 0.6 is 0 Å². The van der Waals surface area contributed by atoms with Crippen LogP contribution in [-0.2, 0) is 4.79 Å². The smallest absolute Gasteiger partial charge is 0.259 e. The van der Waals surface area contributed by atoms with Gasteiger partial charge in [0.1, 0.15) is 5.75 Å². The van der Waals surface area contributed by atoms with Gasteiger partial charge in [-0.1, -0.05) is 0 Å². The van der Waals surface area contributed by atoms with Crippen LogP contribution < -0.4 is 15.5 Å². The number of carbonyl (C=O) groups is 1. The Morgan fingerprint density at radius 1 is 1.35 bits per heavy atom. The van der Waals surface area contributed by atoms with Gasteiger partial charge in [0, 0.05) is 11.4 Å². The van der Waals surface area contributed by atoms with Gasteiger partial charge in [-0.25, -0.2) is 5.43 Å². The Morgan fingerprint density at radius 3 is 2.65 bits per heavy atom. The Morgan fingerprint density at radius 2 is 2.05 bits per heavy atom. The number of ether oxygens (including phenoxy) is 1. The lowest BCUT2D eigenvalue weighted by atomic mass is 10.3. The molecule has 2 N–H and O–H groups in total. The predicted molar refractivity (Wildman–Crippen MR) is 80.1 cm³/mol. The third-order valence-corrected chi connectivity index (χ3v) is 3.14. The second-order valence-electron chi connectivity index (χ2n) is 4.87. The van der Waals surface area contributed by atoms with Crippen LogP contribution in [0.5, 0.6) is 5.75 Å². The Labute approximate surface area is 119 Å². The molecule has 0 atom stereocenters. The summed E-state index contributed by atoms with van der Waals surface area (Å²) in [6, 6.07) is 7.52. The number of benzene rings is 1. The van der Waals surface area contributed by atoms with Crippen molar-refractivity contribution in [1.29, 1.82) is 0 Å². The summed E-state index contributed by atoms with van der Waals surface area (Å²) in [6.07, 6.45) is 2.38. The minimum Gasteiger partial charge on any atom is -0.494 e. The molecule has 1 amide bonds.